The lowest BCUT2D eigenvalue weighted by Gasteiger charge is -2.47. The van der Waals surface area contributed by atoms with E-state index in [-0.39, 0.29) is 0 Å². The molecule has 0 unspecified atom stereocenters. The molecule has 0 amide bonds. The molecule has 0 saturated carbocycles. The molecule has 0 bridgehead atoms. The van der Waals surface area contributed by atoms with Crippen molar-refractivity contribution in [2.24, 2.45) is 0 Å². The number of aliphatic hydroxyl groups is 14. The van der Waals surface area contributed by atoms with Crippen molar-refractivity contribution in [3.05, 3.63) is 0 Å². The standard InChI is InChI=1S/C24H42O21/c25-1-5-9(28)13(32)17(36)21(40-5)44-20-16(35)11(30)7(3-27)42-24(20)39-4-8-12(31)15(34)19(38)23(43-8)45-22-18(37)14(33)10(29)6(2-26)41-22/h5-38H,1-4H2/t5-,6-,7-,8-,9-,10-,11-,12-,13+,14+,15+,16+,17-,18-,19-,20-,21-,22-,23-,24+/m1/s1. The van der Waals surface area contributed by atoms with Crippen molar-refractivity contribution >= 4 is 0 Å². The fraction of sp³-hybridized carbons (Fsp3) is 1.00. The van der Waals surface area contributed by atoms with Crippen LogP contribution in [0.2, 0.25) is 0 Å². The molecule has 264 valence electrons. The van der Waals surface area contributed by atoms with E-state index in [0.29, 0.717) is 0 Å². The highest BCUT2D eigenvalue weighted by Crippen LogP contribution is 2.32. The van der Waals surface area contributed by atoms with Gasteiger partial charge in [0.1, 0.15) is 97.7 Å². The second kappa shape index (κ2) is 15.6. The SMILES string of the molecule is OC[C@H]1O[C@H](O[C@H]2O[C@H](CO[C@H]3O[C@H](CO)[C@@H](O)[C@H](O)[C@H]3O[C@H]3O[C@H](CO)[C@@H](O)[C@H](O)[C@H]3O)[C@@H](O)[C@H](O)[C@H]2O)[C@H](O)[C@@H](O)[C@@H]1O. The smallest absolute Gasteiger partial charge is 0.189 e. The molecule has 14 N–H and O–H groups in total. The third-order valence-electron chi connectivity index (χ3n) is 8.17. The van der Waals surface area contributed by atoms with Crippen LogP contribution in [-0.4, -0.2) is 221 Å². The van der Waals surface area contributed by atoms with E-state index in [2.05, 4.69) is 0 Å². The maximum Gasteiger partial charge on any atom is 0.189 e. The van der Waals surface area contributed by atoms with Gasteiger partial charge in [-0.2, -0.15) is 0 Å². The Kier molecular flexibility index (Phi) is 12.8. The van der Waals surface area contributed by atoms with Gasteiger partial charge in [0.2, 0.25) is 0 Å². The molecule has 4 fully saturated rings. The van der Waals surface area contributed by atoms with Gasteiger partial charge in [0.05, 0.1) is 26.4 Å². The third-order valence-corrected chi connectivity index (χ3v) is 8.17. The van der Waals surface area contributed by atoms with Crippen LogP contribution in [0.25, 0.3) is 0 Å². The zero-order valence-corrected chi connectivity index (χ0v) is 23.5. The van der Waals surface area contributed by atoms with Gasteiger partial charge >= 0.3 is 0 Å². The van der Waals surface area contributed by atoms with Gasteiger partial charge < -0.3 is 105 Å². The van der Waals surface area contributed by atoms with Gasteiger partial charge in [0.25, 0.3) is 0 Å². The summed E-state index contributed by atoms with van der Waals surface area (Å²) < 4.78 is 38.0. The van der Waals surface area contributed by atoms with Gasteiger partial charge in [-0.15, -0.1) is 0 Å². The normalized spacial score (nSPS) is 52.9. The topological polar surface area (TPSA) is 348 Å². The molecule has 0 spiro atoms. The van der Waals surface area contributed by atoms with E-state index in [1.165, 1.54) is 0 Å². The Bertz CT molecular complexity index is 914. The van der Waals surface area contributed by atoms with Gasteiger partial charge in [0.15, 0.2) is 25.2 Å². The summed E-state index contributed by atoms with van der Waals surface area (Å²) in [5.74, 6) is 0. The van der Waals surface area contributed by atoms with Crippen molar-refractivity contribution in [2.75, 3.05) is 26.4 Å². The van der Waals surface area contributed by atoms with E-state index < -0.39 is 149 Å². The second-order valence-corrected chi connectivity index (χ2v) is 11.2. The highest BCUT2D eigenvalue weighted by atomic mass is 16.8. The van der Waals surface area contributed by atoms with E-state index in [9.17, 15) is 71.5 Å². The summed E-state index contributed by atoms with van der Waals surface area (Å²) in [7, 11) is 0. The predicted molar refractivity (Wildman–Crippen MR) is 134 cm³/mol. The lowest BCUT2D eigenvalue weighted by atomic mass is 9.97. The third kappa shape index (κ3) is 7.59. The van der Waals surface area contributed by atoms with E-state index in [1.54, 1.807) is 0 Å². The minimum Gasteiger partial charge on any atom is -0.394 e. The fourth-order valence-corrected chi connectivity index (χ4v) is 5.34. The molecule has 45 heavy (non-hydrogen) atoms. The number of aliphatic hydroxyl groups excluding tert-OH is 14. The van der Waals surface area contributed by atoms with Crippen LogP contribution in [0.5, 0.6) is 0 Å². The van der Waals surface area contributed by atoms with E-state index in [0.717, 1.165) is 0 Å². The highest BCUT2D eigenvalue weighted by Gasteiger charge is 2.53. The molecule has 4 aliphatic rings. The van der Waals surface area contributed by atoms with E-state index in [1.807, 2.05) is 0 Å². The van der Waals surface area contributed by atoms with E-state index in [4.69, 9.17) is 33.2 Å². The first kappa shape index (κ1) is 37.0. The zero-order valence-electron chi connectivity index (χ0n) is 23.5. The van der Waals surface area contributed by atoms with Crippen LogP contribution in [0.1, 0.15) is 0 Å². The minimum atomic E-state index is -1.97. The largest absolute Gasteiger partial charge is 0.394 e. The van der Waals surface area contributed by atoms with E-state index >= 15 is 0 Å². The number of hydrogen-bond donors (Lipinski definition) is 14. The monoisotopic (exact) mass is 666 g/mol. The average Bonchev–Trinajstić information content (AvgIpc) is 3.03. The van der Waals surface area contributed by atoms with Gasteiger partial charge in [-0.1, -0.05) is 0 Å². The van der Waals surface area contributed by atoms with Crippen molar-refractivity contribution in [3.63, 3.8) is 0 Å². The summed E-state index contributed by atoms with van der Waals surface area (Å²) in [6, 6.07) is 0. The number of hydrogen-bond acceptors (Lipinski definition) is 21. The predicted octanol–water partition coefficient (Wildman–Crippen LogP) is -9.75. The lowest BCUT2D eigenvalue weighted by Crippen LogP contribution is -2.65. The molecule has 4 rings (SSSR count). The summed E-state index contributed by atoms with van der Waals surface area (Å²) in [5.41, 5.74) is 0. The van der Waals surface area contributed by atoms with Crippen LogP contribution < -0.4 is 0 Å². The zero-order chi connectivity index (χ0) is 33.3. The molecule has 0 aromatic heterocycles. The minimum absolute atomic E-state index is 0.750. The Morgan fingerprint density at radius 2 is 0.689 bits per heavy atom. The summed E-state index contributed by atoms with van der Waals surface area (Å²) >= 11 is 0. The van der Waals surface area contributed by atoms with Crippen molar-refractivity contribution in [3.8, 4) is 0 Å². The Morgan fingerprint density at radius 1 is 0.356 bits per heavy atom. The second-order valence-electron chi connectivity index (χ2n) is 11.2. The molecular formula is C24H42O21. The van der Waals surface area contributed by atoms with Crippen molar-refractivity contribution in [2.45, 2.75) is 123 Å². The Balaban J connectivity index is 1.47. The fourth-order valence-electron chi connectivity index (χ4n) is 5.34. The molecule has 0 radical (unpaired) electrons. The quantitative estimate of drug-likeness (QED) is 0.103. The molecule has 0 aromatic carbocycles. The number of ether oxygens (including phenoxy) is 7. The number of rotatable bonds is 10. The van der Waals surface area contributed by atoms with Crippen molar-refractivity contribution < 1.29 is 105 Å². The first-order valence-corrected chi connectivity index (χ1v) is 14.1. The van der Waals surface area contributed by atoms with Gasteiger partial charge in [-0.3, -0.25) is 0 Å². The molecule has 4 saturated heterocycles. The van der Waals surface area contributed by atoms with Crippen LogP contribution >= 0.6 is 0 Å². The maximum absolute atomic E-state index is 10.8. The highest BCUT2D eigenvalue weighted by molar-refractivity contribution is 4.95. The average molecular weight is 667 g/mol. The first-order chi connectivity index (χ1) is 21.2. The molecule has 0 aliphatic carbocycles. The first-order valence-electron chi connectivity index (χ1n) is 14.1. The molecule has 21 nitrogen and oxygen atoms in total. The van der Waals surface area contributed by atoms with Gasteiger partial charge in [-0.25, -0.2) is 0 Å². The van der Waals surface area contributed by atoms with Crippen LogP contribution in [0, 0.1) is 0 Å². The Hall–Kier alpha value is -0.840. The van der Waals surface area contributed by atoms with Crippen LogP contribution in [0.3, 0.4) is 0 Å². The molecular weight excluding hydrogens is 624 g/mol. The molecule has 4 heterocycles. The van der Waals surface area contributed by atoms with Crippen molar-refractivity contribution in [1.82, 2.24) is 0 Å². The molecule has 0 aromatic rings. The van der Waals surface area contributed by atoms with Crippen LogP contribution in [0.15, 0.2) is 0 Å². The maximum atomic E-state index is 10.8. The Morgan fingerprint density at radius 3 is 1.11 bits per heavy atom. The van der Waals surface area contributed by atoms with Gasteiger partial charge in [-0.05, 0) is 0 Å². The molecule has 21 heteroatoms. The summed E-state index contributed by atoms with van der Waals surface area (Å²) in [6.45, 7) is -3.17. The molecule has 20 atom stereocenters. The van der Waals surface area contributed by atoms with Crippen LogP contribution in [-0.2, 0) is 33.2 Å². The Labute approximate surface area is 254 Å². The molecule has 4 aliphatic heterocycles. The van der Waals surface area contributed by atoms with Crippen LogP contribution in [0.4, 0.5) is 0 Å². The summed E-state index contributed by atoms with van der Waals surface area (Å²) in [6.07, 6.45) is -35.3. The summed E-state index contributed by atoms with van der Waals surface area (Å²) in [4.78, 5) is 0. The summed E-state index contributed by atoms with van der Waals surface area (Å²) in [5, 5.41) is 142. The van der Waals surface area contributed by atoms with Crippen molar-refractivity contribution in [1.29, 1.82) is 0 Å². The lowest BCUT2D eigenvalue weighted by molar-refractivity contribution is -0.387. The van der Waals surface area contributed by atoms with Gasteiger partial charge in [0, 0.05) is 0 Å².